The van der Waals surface area contributed by atoms with Crippen LogP contribution in [-0.2, 0) is 6.54 Å². The molecule has 0 saturated carbocycles. The average Bonchev–Trinajstić information content (AvgIpc) is 2.22. The Kier molecular flexibility index (Phi) is 5.85. The highest BCUT2D eigenvalue weighted by atomic mass is 79.9. The number of nitrogens with one attached hydrogen (secondary N) is 1. The van der Waals surface area contributed by atoms with Crippen molar-refractivity contribution >= 4 is 15.9 Å². The van der Waals surface area contributed by atoms with E-state index < -0.39 is 0 Å². The highest BCUT2D eigenvalue weighted by Crippen LogP contribution is 2.21. The largest absolute Gasteiger partial charge is 0.508 e. The Labute approximate surface area is 106 Å². The summed E-state index contributed by atoms with van der Waals surface area (Å²) in [6, 6.07) is 5.51. The first-order valence-corrected chi connectivity index (χ1v) is 6.57. The van der Waals surface area contributed by atoms with Gasteiger partial charge in [0.05, 0.1) is 0 Å². The molecule has 0 bridgehead atoms. The van der Waals surface area contributed by atoms with Crippen molar-refractivity contribution in [3.63, 3.8) is 0 Å². The molecule has 0 fully saturated rings. The van der Waals surface area contributed by atoms with E-state index in [9.17, 15) is 5.11 Å². The van der Waals surface area contributed by atoms with Gasteiger partial charge in [-0.2, -0.15) is 0 Å². The number of rotatable bonds is 6. The van der Waals surface area contributed by atoms with Crippen LogP contribution in [0.3, 0.4) is 0 Å². The van der Waals surface area contributed by atoms with Crippen molar-refractivity contribution in [1.29, 1.82) is 0 Å². The van der Waals surface area contributed by atoms with Gasteiger partial charge in [0.2, 0.25) is 0 Å². The third-order valence-electron chi connectivity index (χ3n) is 2.49. The highest BCUT2D eigenvalue weighted by molar-refractivity contribution is 9.10. The van der Waals surface area contributed by atoms with Crippen LogP contribution in [0.5, 0.6) is 5.75 Å². The number of phenols is 1. The number of aromatic hydroxyl groups is 1. The third-order valence-corrected chi connectivity index (χ3v) is 2.99. The predicted octanol–water partition coefficient (Wildman–Crippen LogP) is 3.68. The molecule has 0 aromatic heterocycles. The Hall–Kier alpha value is -0.540. The van der Waals surface area contributed by atoms with Crippen LogP contribution < -0.4 is 5.32 Å². The molecule has 0 atom stereocenters. The van der Waals surface area contributed by atoms with Gasteiger partial charge in [0.25, 0.3) is 0 Å². The molecule has 0 unspecified atom stereocenters. The average molecular weight is 286 g/mol. The van der Waals surface area contributed by atoms with E-state index in [1.54, 1.807) is 6.07 Å². The number of benzene rings is 1. The summed E-state index contributed by atoms with van der Waals surface area (Å²) in [6.45, 7) is 6.20. The SMILES string of the molecule is CC(C)CCCNCc1cc(Br)ccc1O. The fraction of sp³-hybridized carbons (Fsp3) is 0.538. The topological polar surface area (TPSA) is 32.3 Å². The number of phenolic OH excluding ortho intramolecular Hbond substituents is 1. The monoisotopic (exact) mass is 285 g/mol. The van der Waals surface area contributed by atoms with Gasteiger partial charge in [-0.25, -0.2) is 0 Å². The van der Waals surface area contributed by atoms with E-state index in [4.69, 9.17) is 0 Å². The van der Waals surface area contributed by atoms with Crippen LogP contribution in [0.4, 0.5) is 0 Å². The van der Waals surface area contributed by atoms with Crippen molar-refractivity contribution in [1.82, 2.24) is 5.32 Å². The summed E-state index contributed by atoms with van der Waals surface area (Å²) in [5.74, 6) is 1.13. The second-order valence-electron chi connectivity index (χ2n) is 4.49. The molecular formula is C13H20BrNO. The first-order chi connectivity index (χ1) is 7.59. The molecule has 0 spiro atoms. The van der Waals surface area contributed by atoms with Gasteiger partial charge in [0.15, 0.2) is 0 Å². The quantitative estimate of drug-likeness (QED) is 0.782. The smallest absolute Gasteiger partial charge is 0.120 e. The minimum absolute atomic E-state index is 0.361. The van der Waals surface area contributed by atoms with Crippen molar-refractivity contribution in [3.05, 3.63) is 28.2 Å². The molecule has 0 saturated heterocycles. The van der Waals surface area contributed by atoms with Gasteiger partial charge >= 0.3 is 0 Å². The van der Waals surface area contributed by atoms with Crippen LogP contribution in [0, 0.1) is 5.92 Å². The fourth-order valence-electron chi connectivity index (χ4n) is 1.55. The number of hydrogen-bond donors (Lipinski definition) is 2. The van der Waals surface area contributed by atoms with E-state index in [1.807, 2.05) is 12.1 Å². The molecule has 0 amide bonds. The predicted molar refractivity (Wildman–Crippen MR) is 71.6 cm³/mol. The lowest BCUT2D eigenvalue weighted by Crippen LogP contribution is -2.15. The maximum Gasteiger partial charge on any atom is 0.120 e. The minimum Gasteiger partial charge on any atom is -0.508 e. The standard InChI is InChI=1S/C13H20BrNO/c1-10(2)4-3-7-15-9-11-8-12(14)5-6-13(11)16/h5-6,8,10,15-16H,3-4,7,9H2,1-2H3. The molecule has 0 aliphatic heterocycles. The van der Waals surface area contributed by atoms with Crippen LogP contribution in [-0.4, -0.2) is 11.7 Å². The van der Waals surface area contributed by atoms with E-state index in [-0.39, 0.29) is 0 Å². The summed E-state index contributed by atoms with van der Waals surface area (Å²) in [5.41, 5.74) is 0.943. The Morgan fingerprint density at radius 2 is 2.12 bits per heavy atom. The third kappa shape index (κ3) is 4.99. The van der Waals surface area contributed by atoms with Gasteiger partial charge in [-0.05, 0) is 43.5 Å². The van der Waals surface area contributed by atoms with Gasteiger partial charge in [-0.15, -0.1) is 0 Å². The van der Waals surface area contributed by atoms with Crippen LogP contribution in [0.15, 0.2) is 22.7 Å². The van der Waals surface area contributed by atoms with Crippen molar-refractivity contribution in [2.45, 2.75) is 33.2 Å². The molecule has 0 radical (unpaired) electrons. The minimum atomic E-state index is 0.361. The van der Waals surface area contributed by atoms with E-state index in [0.29, 0.717) is 5.75 Å². The maximum atomic E-state index is 9.62. The molecular weight excluding hydrogens is 266 g/mol. The van der Waals surface area contributed by atoms with Gasteiger partial charge < -0.3 is 10.4 Å². The van der Waals surface area contributed by atoms with Gasteiger partial charge in [0, 0.05) is 16.6 Å². The summed E-state index contributed by atoms with van der Waals surface area (Å²) >= 11 is 3.40. The Morgan fingerprint density at radius 3 is 2.81 bits per heavy atom. The molecule has 3 heteroatoms. The molecule has 0 heterocycles. The van der Waals surface area contributed by atoms with Crippen molar-refractivity contribution in [3.8, 4) is 5.75 Å². The zero-order valence-corrected chi connectivity index (χ0v) is 11.5. The summed E-state index contributed by atoms with van der Waals surface area (Å²) < 4.78 is 1.00. The van der Waals surface area contributed by atoms with Crippen molar-refractivity contribution < 1.29 is 5.11 Å². The van der Waals surface area contributed by atoms with Gasteiger partial charge in [-0.1, -0.05) is 29.8 Å². The first-order valence-electron chi connectivity index (χ1n) is 5.77. The molecule has 1 aromatic rings. The molecule has 2 N–H and O–H groups in total. The summed E-state index contributed by atoms with van der Waals surface area (Å²) in [4.78, 5) is 0. The normalized spacial score (nSPS) is 11.0. The van der Waals surface area contributed by atoms with Crippen LogP contribution >= 0.6 is 15.9 Å². The van der Waals surface area contributed by atoms with Crippen LogP contribution in [0.1, 0.15) is 32.3 Å². The molecule has 1 rings (SSSR count). The van der Waals surface area contributed by atoms with E-state index in [0.717, 1.165) is 29.0 Å². The van der Waals surface area contributed by atoms with Crippen LogP contribution in [0.25, 0.3) is 0 Å². The lowest BCUT2D eigenvalue weighted by Gasteiger charge is -2.08. The molecule has 1 aromatic carbocycles. The lowest BCUT2D eigenvalue weighted by molar-refractivity contribution is 0.462. The number of halogens is 1. The van der Waals surface area contributed by atoms with E-state index >= 15 is 0 Å². The second kappa shape index (κ2) is 6.92. The summed E-state index contributed by atoms with van der Waals surface area (Å²) in [5, 5.41) is 13.0. The Morgan fingerprint density at radius 1 is 1.38 bits per heavy atom. The number of hydrogen-bond acceptors (Lipinski definition) is 2. The van der Waals surface area contributed by atoms with Gasteiger partial charge in [0.1, 0.15) is 5.75 Å². The zero-order chi connectivity index (χ0) is 12.0. The molecule has 0 aliphatic rings. The van der Waals surface area contributed by atoms with E-state index in [1.165, 1.54) is 12.8 Å². The van der Waals surface area contributed by atoms with Crippen molar-refractivity contribution in [2.24, 2.45) is 5.92 Å². The Balaban J connectivity index is 2.29. The van der Waals surface area contributed by atoms with Gasteiger partial charge in [-0.3, -0.25) is 0 Å². The molecule has 90 valence electrons. The van der Waals surface area contributed by atoms with E-state index in [2.05, 4.69) is 35.1 Å². The fourth-order valence-corrected chi connectivity index (χ4v) is 1.96. The zero-order valence-electron chi connectivity index (χ0n) is 9.96. The lowest BCUT2D eigenvalue weighted by atomic mass is 10.1. The van der Waals surface area contributed by atoms with Crippen LogP contribution in [0.2, 0.25) is 0 Å². The summed E-state index contributed by atoms with van der Waals surface area (Å²) in [6.07, 6.45) is 2.43. The first kappa shape index (κ1) is 13.5. The molecule has 16 heavy (non-hydrogen) atoms. The maximum absolute atomic E-state index is 9.62. The Bertz CT molecular complexity index is 326. The van der Waals surface area contributed by atoms with Crippen molar-refractivity contribution in [2.75, 3.05) is 6.54 Å². The molecule has 2 nitrogen and oxygen atoms in total. The summed E-state index contributed by atoms with van der Waals surface area (Å²) in [7, 11) is 0. The molecule has 0 aliphatic carbocycles. The highest BCUT2D eigenvalue weighted by Gasteiger charge is 2.01. The second-order valence-corrected chi connectivity index (χ2v) is 5.40.